The number of hydrogen-bond acceptors (Lipinski definition) is 6. The summed E-state index contributed by atoms with van der Waals surface area (Å²) >= 11 is 0. The minimum Gasteiger partial charge on any atom is -0.446 e. The molecule has 3 aliphatic heterocycles. The lowest BCUT2D eigenvalue weighted by Crippen LogP contribution is -2.59. The number of rotatable bonds is 5. The Balaban J connectivity index is 1.36. The number of methoxy groups -OCH3 is 1. The quantitative estimate of drug-likeness (QED) is 0.526. The predicted octanol–water partition coefficient (Wildman–Crippen LogP) is 3.02. The summed E-state index contributed by atoms with van der Waals surface area (Å²) in [6.07, 6.45) is 5.57. The van der Waals surface area contributed by atoms with Crippen molar-refractivity contribution >= 4 is 6.09 Å². The highest BCUT2D eigenvalue weighted by Crippen LogP contribution is 2.46. The fourth-order valence-electron chi connectivity index (χ4n) is 4.53. The molecule has 4 fully saturated rings. The second-order valence-corrected chi connectivity index (χ2v) is 8.97. The van der Waals surface area contributed by atoms with Crippen LogP contribution in [0.2, 0.25) is 0 Å². The molecule has 3 heterocycles. The molecule has 7 heteroatoms. The first-order chi connectivity index (χ1) is 13.4. The molecule has 0 aromatic heterocycles. The van der Waals surface area contributed by atoms with Crippen LogP contribution in [0.5, 0.6) is 0 Å². The van der Waals surface area contributed by atoms with Gasteiger partial charge in [0, 0.05) is 7.11 Å². The number of carbonyl (C=O) groups excluding carboxylic acids is 1. The van der Waals surface area contributed by atoms with Crippen LogP contribution in [-0.2, 0) is 23.7 Å². The minimum absolute atomic E-state index is 0.0423. The molecule has 7 nitrogen and oxygen atoms in total. The molecule has 3 saturated heterocycles. The Morgan fingerprint density at radius 2 is 2.00 bits per heavy atom. The molecule has 1 spiro atoms. The molecule has 1 amide bonds. The molecule has 4 rings (SSSR count). The Morgan fingerprint density at radius 1 is 1.29 bits per heavy atom. The Morgan fingerprint density at radius 3 is 2.61 bits per heavy atom. The zero-order valence-corrected chi connectivity index (χ0v) is 17.4. The van der Waals surface area contributed by atoms with Crippen molar-refractivity contribution in [2.24, 2.45) is 0 Å². The molecule has 0 aromatic rings. The van der Waals surface area contributed by atoms with Gasteiger partial charge in [-0.1, -0.05) is 11.6 Å². The van der Waals surface area contributed by atoms with Crippen LogP contribution < -0.4 is 0 Å². The molecule has 0 bridgehead atoms. The zero-order valence-electron chi connectivity index (χ0n) is 17.4. The Hall–Kier alpha value is -1.15. The summed E-state index contributed by atoms with van der Waals surface area (Å²) in [5, 5.41) is 0. The first-order valence-electron chi connectivity index (χ1n) is 10.4. The number of carbonyl (C=O) groups is 1. The van der Waals surface area contributed by atoms with Crippen LogP contribution in [0.25, 0.3) is 0 Å². The summed E-state index contributed by atoms with van der Waals surface area (Å²) in [4.78, 5) is 14.6. The second-order valence-electron chi connectivity index (χ2n) is 8.97. The molecule has 4 atom stereocenters. The van der Waals surface area contributed by atoms with E-state index in [1.54, 1.807) is 12.0 Å². The normalized spacial score (nSPS) is 42.2. The van der Waals surface area contributed by atoms with Gasteiger partial charge in [0.1, 0.15) is 17.8 Å². The van der Waals surface area contributed by atoms with Gasteiger partial charge in [0.2, 0.25) is 0 Å². The van der Waals surface area contributed by atoms with Crippen molar-refractivity contribution in [3.8, 4) is 0 Å². The van der Waals surface area contributed by atoms with E-state index in [1.165, 1.54) is 5.57 Å². The Kier molecular flexibility index (Phi) is 5.46. The summed E-state index contributed by atoms with van der Waals surface area (Å²) in [5.41, 5.74) is 0.911. The van der Waals surface area contributed by atoms with Crippen LogP contribution in [0.15, 0.2) is 11.6 Å². The number of ether oxygens (including phenoxy) is 5. The van der Waals surface area contributed by atoms with Gasteiger partial charge >= 0.3 is 6.09 Å². The van der Waals surface area contributed by atoms with Crippen LogP contribution in [0.4, 0.5) is 4.79 Å². The minimum atomic E-state index is -0.510. The fourth-order valence-corrected chi connectivity index (χ4v) is 4.53. The molecule has 4 unspecified atom stereocenters. The fraction of sp³-hybridized carbons (Fsp3) is 0.857. The van der Waals surface area contributed by atoms with Crippen LogP contribution >= 0.6 is 0 Å². The number of epoxide rings is 2. The predicted molar refractivity (Wildman–Crippen MR) is 102 cm³/mol. The van der Waals surface area contributed by atoms with Crippen molar-refractivity contribution < 1.29 is 28.5 Å². The van der Waals surface area contributed by atoms with E-state index in [0.717, 1.165) is 38.7 Å². The number of allylic oxidation sites excluding steroid dienone is 1. The molecule has 1 aliphatic carbocycles. The van der Waals surface area contributed by atoms with Crippen molar-refractivity contribution in [2.75, 3.05) is 26.9 Å². The van der Waals surface area contributed by atoms with Gasteiger partial charge in [-0.3, -0.25) is 4.90 Å². The van der Waals surface area contributed by atoms with Crippen molar-refractivity contribution in [2.45, 2.75) is 88.6 Å². The third-order valence-corrected chi connectivity index (χ3v) is 6.62. The first kappa shape index (κ1) is 20.1. The summed E-state index contributed by atoms with van der Waals surface area (Å²) in [7, 11) is 1.61. The maximum atomic E-state index is 12.9. The molecule has 0 N–H and O–H groups in total. The van der Waals surface area contributed by atoms with E-state index in [9.17, 15) is 4.79 Å². The topological polar surface area (TPSA) is 73.1 Å². The van der Waals surface area contributed by atoms with E-state index < -0.39 is 11.8 Å². The molecular weight excluding hydrogens is 362 g/mol. The summed E-state index contributed by atoms with van der Waals surface area (Å²) in [5.74, 6) is 0. The van der Waals surface area contributed by atoms with Crippen LogP contribution in [0.1, 0.15) is 52.9 Å². The highest BCUT2D eigenvalue weighted by Gasteiger charge is 2.62. The van der Waals surface area contributed by atoms with Crippen molar-refractivity contribution in [3.05, 3.63) is 11.6 Å². The Labute approximate surface area is 167 Å². The molecule has 158 valence electrons. The maximum Gasteiger partial charge on any atom is 0.412 e. The number of nitrogens with zero attached hydrogens (tertiary/aromatic N) is 1. The van der Waals surface area contributed by atoms with Crippen LogP contribution in [0, 0.1) is 0 Å². The van der Waals surface area contributed by atoms with Crippen molar-refractivity contribution in [1.82, 2.24) is 4.90 Å². The van der Waals surface area contributed by atoms with E-state index in [4.69, 9.17) is 23.7 Å². The van der Waals surface area contributed by atoms with Gasteiger partial charge in [-0.2, -0.15) is 0 Å². The standard InChI is InChI=1S/C21H33NO6/c1-14(2)5-6-16-20(3,28-16)17-18(24-4)22(11-12-25-17)19(23)27-15-7-9-21(10-8-15)13-26-21/h5,15-18H,6-13H2,1-4H3. The monoisotopic (exact) mass is 395 g/mol. The second kappa shape index (κ2) is 7.59. The number of amides is 1. The summed E-state index contributed by atoms with van der Waals surface area (Å²) in [6.45, 7) is 7.97. The summed E-state index contributed by atoms with van der Waals surface area (Å²) < 4.78 is 29.1. The Bertz CT molecular complexity index is 618. The van der Waals surface area contributed by atoms with Gasteiger partial charge in [-0.25, -0.2) is 4.79 Å². The highest BCUT2D eigenvalue weighted by atomic mass is 16.7. The van der Waals surface area contributed by atoms with E-state index in [-0.39, 0.29) is 30.0 Å². The molecule has 4 aliphatic rings. The number of hydrogen-bond donors (Lipinski definition) is 0. The van der Waals surface area contributed by atoms with E-state index >= 15 is 0 Å². The first-order valence-corrected chi connectivity index (χ1v) is 10.4. The third kappa shape index (κ3) is 3.95. The van der Waals surface area contributed by atoms with Gasteiger partial charge in [-0.05, 0) is 52.9 Å². The van der Waals surface area contributed by atoms with Crippen LogP contribution in [-0.4, -0.2) is 73.6 Å². The van der Waals surface area contributed by atoms with Crippen molar-refractivity contribution in [1.29, 1.82) is 0 Å². The highest BCUT2D eigenvalue weighted by molar-refractivity contribution is 5.68. The van der Waals surface area contributed by atoms with Gasteiger partial charge in [0.05, 0.1) is 31.5 Å². The van der Waals surface area contributed by atoms with Crippen molar-refractivity contribution in [3.63, 3.8) is 0 Å². The average molecular weight is 395 g/mol. The summed E-state index contributed by atoms with van der Waals surface area (Å²) in [6, 6.07) is 0. The zero-order chi connectivity index (χ0) is 19.9. The lowest BCUT2D eigenvalue weighted by atomic mass is 9.88. The van der Waals surface area contributed by atoms with Crippen LogP contribution in [0.3, 0.4) is 0 Å². The third-order valence-electron chi connectivity index (χ3n) is 6.62. The van der Waals surface area contributed by atoms with Gasteiger partial charge in [0.25, 0.3) is 0 Å². The van der Waals surface area contributed by atoms with Gasteiger partial charge < -0.3 is 23.7 Å². The molecule has 1 saturated carbocycles. The van der Waals surface area contributed by atoms with E-state index in [2.05, 4.69) is 19.9 Å². The largest absolute Gasteiger partial charge is 0.446 e. The lowest BCUT2D eigenvalue weighted by molar-refractivity contribution is -0.181. The van der Waals surface area contributed by atoms with Gasteiger partial charge in [-0.15, -0.1) is 0 Å². The maximum absolute atomic E-state index is 12.9. The smallest absolute Gasteiger partial charge is 0.412 e. The molecule has 0 aromatic carbocycles. The molecule has 0 radical (unpaired) electrons. The van der Waals surface area contributed by atoms with E-state index in [0.29, 0.717) is 13.2 Å². The SMILES string of the molecule is COC1C(C2(C)OC2CC=C(C)C)OCCN1C(=O)OC1CCC2(CC1)CO2. The molecule has 28 heavy (non-hydrogen) atoms. The number of morpholine rings is 1. The van der Waals surface area contributed by atoms with E-state index in [1.807, 2.05) is 6.92 Å². The lowest BCUT2D eigenvalue weighted by Gasteiger charge is -2.41. The average Bonchev–Trinajstić information content (AvgIpc) is 3.59. The van der Waals surface area contributed by atoms with Gasteiger partial charge in [0.15, 0.2) is 6.23 Å². The molecular formula is C21H33NO6.